The van der Waals surface area contributed by atoms with E-state index in [1.807, 2.05) is 30.3 Å². The van der Waals surface area contributed by atoms with Gasteiger partial charge in [-0.2, -0.15) is 9.41 Å². The molecule has 0 atom stereocenters. The predicted octanol–water partition coefficient (Wildman–Crippen LogP) is 5.02. The molecular weight excluding hydrogens is 605 g/mol. The van der Waals surface area contributed by atoms with E-state index >= 15 is 0 Å². The molecule has 0 aliphatic carbocycles. The van der Waals surface area contributed by atoms with Gasteiger partial charge in [-0.15, -0.1) is 13.9 Å². The molecular formula is C21H22Cl2FeN7O2S3. The molecule has 2 heterocycles. The number of benzene rings is 2. The van der Waals surface area contributed by atoms with E-state index in [4.69, 9.17) is 38.2 Å². The van der Waals surface area contributed by atoms with Crippen LogP contribution in [0.15, 0.2) is 84.0 Å². The number of amidine groups is 1. The molecule has 15 heteroatoms. The van der Waals surface area contributed by atoms with Crippen molar-refractivity contribution in [3.63, 3.8) is 0 Å². The Kier molecular flexibility index (Phi) is 11.2. The maximum absolute atomic E-state index is 12.7. The van der Waals surface area contributed by atoms with Gasteiger partial charge in [-0.05, 0) is 43.3 Å². The number of rotatable bonds is 6. The first-order valence-electron chi connectivity index (χ1n) is 10.4. The van der Waals surface area contributed by atoms with Crippen molar-refractivity contribution in [2.75, 3.05) is 31.2 Å². The quantitative estimate of drug-likeness (QED) is 0.201. The number of anilines is 1. The van der Waals surface area contributed by atoms with Crippen molar-refractivity contribution in [3.05, 3.63) is 64.4 Å². The van der Waals surface area contributed by atoms with Crippen molar-refractivity contribution in [1.82, 2.24) is 9.62 Å². The molecule has 0 unspecified atom stereocenters. The fourth-order valence-corrected chi connectivity index (χ4v) is 5.73. The SMILES string of the molecule is CC1=NN(c2ccccc2)C(=N)/C1=C(/[S-])SN=Nc1ccc(S(=O)(=O)N2CCNCC2)cc1.[Cl][Fe+][Cl]. The van der Waals surface area contributed by atoms with Gasteiger partial charge in [-0.25, -0.2) is 13.4 Å². The zero-order chi connectivity index (χ0) is 26.1. The number of nitrogens with one attached hydrogen (secondary N) is 2. The van der Waals surface area contributed by atoms with Crippen LogP contribution in [0.5, 0.6) is 0 Å². The normalized spacial score (nSPS) is 18.1. The first-order chi connectivity index (χ1) is 17.3. The fourth-order valence-electron chi connectivity index (χ4n) is 3.40. The summed E-state index contributed by atoms with van der Waals surface area (Å²) in [4.78, 5) is 0.231. The average Bonchev–Trinajstić information content (AvgIpc) is 3.19. The minimum absolute atomic E-state index is 0.189. The van der Waals surface area contributed by atoms with Crippen LogP contribution in [0.25, 0.3) is 0 Å². The first-order valence-corrected chi connectivity index (χ1v) is 16.1. The molecule has 36 heavy (non-hydrogen) atoms. The summed E-state index contributed by atoms with van der Waals surface area (Å²) < 4.78 is 31.4. The van der Waals surface area contributed by atoms with Gasteiger partial charge >= 0.3 is 33.3 Å². The van der Waals surface area contributed by atoms with E-state index < -0.39 is 10.0 Å². The summed E-state index contributed by atoms with van der Waals surface area (Å²) in [6, 6.07) is 15.7. The zero-order valence-electron chi connectivity index (χ0n) is 18.9. The van der Waals surface area contributed by atoms with Gasteiger partial charge in [0.15, 0.2) is 5.84 Å². The van der Waals surface area contributed by atoms with E-state index in [0.29, 0.717) is 47.4 Å². The Labute approximate surface area is 235 Å². The van der Waals surface area contributed by atoms with Gasteiger partial charge in [0.05, 0.1) is 22.0 Å². The summed E-state index contributed by atoms with van der Waals surface area (Å²) in [5, 5.41) is 21.7. The van der Waals surface area contributed by atoms with Crippen molar-refractivity contribution in [1.29, 1.82) is 5.41 Å². The van der Waals surface area contributed by atoms with Gasteiger partial charge in [0, 0.05) is 43.7 Å². The standard InChI is InChI=1S/C21H23N7O2S3.2ClH.Fe/c1-15-19(20(22)28(25-15)17-5-3-2-4-6-17)21(31)32-26-24-16-7-9-18(10-8-16)33(29,30)27-13-11-23-12-14-27;;;/h2-10,22-23,31H,11-14H2,1H3;2*1H;/q;;;+3/p-3/b21-19-,22-20?,26-24?;;;. The molecule has 1 fully saturated rings. The third-order valence-corrected chi connectivity index (χ3v) is 7.97. The Morgan fingerprint density at radius 2 is 1.75 bits per heavy atom. The monoisotopic (exact) mass is 626 g/mol. The Bertz CT molecular complexity index is 1250. The van der Waals surface area contributed by atoms with Crippen LogP contribution in [0.3, 0.4) is 0 Å². The number of sulfonamides is 1. The van der Waals surface area contributed by atoms with Gasteiger partial charge in [-0.3, -0.25) is 5.41 Å². The van der Waals surface area contributed by atoms with E-state index in [-0.39, 0.29) is 23.9 Å². The molecule has 0 radical (unpaired) electrons. The van der Waals surface area contributed by atoms with E-state index in [1.165, 1.54) is 21.4 Å². The zero-order valence-corrected chi connectivity index (χ0v) is 24.0. The predicted molar refractivity (Wildman–Crippen MR) is 146 cm³/mol. The Morgan fingerprint density at radius 1 is 1.14 bits per heavy atom. The van der Waals surface area contributed by atoms with E-state index in [2.05, 4.69) is 20.1 Å². The van der Waals surface area contributed by atoms with Gasteiger partial charge in [0.25, 0.3) is 0 Å². The van der Waals surface area contributed by atoms with Crippen molar-refractivity contribution < 1.29 is 21.6 Å². The van der Waals surface area contributed by atoms with Crippen molar-refractivity contribution in [3.8, 4) is 0 Å². The summed E-state index contributed by atoms with van der Waals surface area (Å²) in [5.41, 5.74) is 2.46. The van der Waals surface area contributed by atoms with Crippen molar-refractivity contribution >= 4 is 77.7 Å². The van der Waals surface area contributed by atoms with Crippen molar-refractivity contribution in [2.45, 2.75) is 11.8 Å². The molecule has 0 saturated carbocycles. The van der Waals surface area contributed by atoms with Crippen LogP contribution in [0.2, 0.25) is 0 Å². The molecule has 2 N–H and O–H groups in total. The summed E-state index contributed by atoms with van der Waals surface area (Å²) in [7, 11) is 6.01. The molecule has 0 spiro atoms. The molecule has 2 aromatic carbocycles. The third kappa shape index (κ3) is 7.27. The van der Waals surface area contributed by atoms with Crippen LogP contribution in [0.1, 0.15) is 6.92 Å². The average molecular weight is 627 g/mol. The summed E-state index contributed by atoms with van der Waals surface area (Å²) in [6.07, 6.45) is 0. The van der Waals surface area contributed by atoms with Crippen LogP contribution in [-0.2, 0) is 35.8 Å². The molecule has 2 aliphatic heterocycles. The number of hydrogen-bond donors (Lipinski definition) is 2. The second-order valence-corrected chi connectivity index (χ2v) is 12.5. The number of piperazine rings is 1. The van der Waals surface area contributed by atoms with Crippen LogP contribution < -0.4 is 10.3 Å². The van der Waals surface area contributed by atoms with Gasteiger partial charge in [-0.1, -0.05) is 18.2 Å². The van der Waals surface area contributed by atoms with E-state index in [1.54, 1.807) is 19.1 Å². The van der Waals surface area contributed by atoms with E-state index in [9.17, 15) is 8.42 Å². The minimum atomic E-state index is -3.51. The van der Waals surface area contributed by atoms with Crippen LogP contribution >= 0.6 is 32.1 Å². The van der Waals surface area contributed by atoms with Gasteiger partial charge < -0.3 is 17.9 Å². The molecule has 0 amide bonds. The Hall–Kier alpha value is -1.54. The number of hydrogen-bond acceptors (Lipinski definition) is 9. The summed E-state index contributed by atoms with van der Waals surface area (Å²) in [5.74, 6) is 0.189. The molecule has 0 aromatic heterocycles. The third-order valence-electron chi connectivity index (χ3n) is 5.10. The molecule has 1 saturated heterocycles. The number of para-hydroxylation sites is 1. The fraction of sp³-hybridized carbons (Fsp3) is 0.238. The molecule has 9 nitrogen and oxygen atoms in total. The van der Waals surface area contributed by atoms with Crippen molar-refractivity contribution in [2.24, 2.45) is 14.7 Å². The van der Waals surface area contributed by atoms with Crippen LogP contribution in [-0.4, -0.2) is 50.4 Å². The van der Waals surface area contributed by atoms with E-state index in [0.717, 1.165) is 17.6 Å². The van der Waals surface area contributed by atoms with Gasteiger partial charge in [0.1, 0.15) is 0 Å². The molecule has 4 rings (SSSR count). The van der Waals surface area contributed by atoms with Gasteiger partial charge in [0.2, 0.25) is 10.0 Å². The molecule has 2 aliphatic rings. The second kappa shape index (κ2) is 13.8. The summed E-state index contributed by atoms with van der Waals surface area (Å²) in [6.45, 7) is 4.00. The number of nitrogens with zero attached hydrogens (tertiary/aromatic N) is 5. The Morgan fingerprint density at radius 3 is 2.36 bits per heavy atom. The number of hydrazone groups is 1. The summed E-state index contributed by atoms with van der Waals surface area (Å²) >= 11 is 6.63. The number of halogens is 2. The second-order valence-electron chi connectivity index (χ2n) is 7.32. The van der Waals surface area contributed by atoms with Crippen LogP contribution in [0.4, 0.5) is 11.4 Å². The first kappa shape index (κ1) is 29.0. The Balaban J connectivity index is 0.00000115. The van der Waals surface area contributed by atoms with Crippen LogP contribution in [0, 0.1) is 5.41 Å². The molecule has 193 valence electrons. The topological polar surface area (TPSA) is 114 Å². The molecule has 0 bridgehead atoms. The maximum atomic E-state index is 12.7. The molecule has 2 aromatic rings.